The van der Waals surface area contributed by atoms with E-state index in [1.54, 1.807) is 11.8 Å². The summed E-state index contributed by atoms with van der Waals surface area (Å²) >= 11 is 1.58. The first-order valence-electron chi connectivity index (χ1n) is 9.11. The van der Waals surface area contributed by atoms with Crippen molar-refractivity contribution in [1.29, 1.82) is 0 Å². The average Bonchev–Trinajstić information content (AvgIpc) is 2.68. The van der Waals surface area contributed by atoms with Crippen LogP contribution in [0.1, 0.15) is 25.7 Å². The first-order valence-corrected chi connectivity index (χ1v) is 11.8. The molecule has 0 radical (unpaired) electrons. The van der Waals surface area contributed by atoms with Crippen LogP contribution in [0.5, 0.6) is 0 Å². The Balaban J connectivity index is 1.73. The molecule has 150 valence electrons. The molecule has 5 nitrogen and oxygen atoms in total. The number of carbonyl (C=O) groups is 1. The highest BCUT2D eigenvalue weighted by molar-refractivity contribution is 7.98. The van der Waals surface area contributed by atoms with Crippen molar-refractivity contribution in [3.05, 3.63) is 54.3 Å². The van der Waals surface area contributed by atoms with Crippen molar-refractivity contribution in [3.8, 4) is 0 Å². The summed E-state index contributed by atoms with van der Waals surface area (Å²) in [5.74, 6) is -0.703. The molecule has 0 aliphatic carbocycles. The summed E-state index contributed by atoms with van der Waals surface area (Å²) in [6, 6.07) is 11.9. The summed E-state index contributed by atoms with van der Waals surface area (Å²) < 4.78 is 40.6. The molecule has 1 amide bonds. The van der Waals surface area contributed by atoms with Crippen molar-refractivity contribution in [2.45, 2.75) is 41.5 Å². The van der Waals surface area contributed by atoms with E-state index in [0.717, 1.165) is 29.9 Å². The smallest absolute Gasteiger partial charge is 0.243 e. The Bertz CT molecular complexity index is 933. The summed E-state index contributed by atoms with van der Waals surface area (Å²) in [6.07, 6.45) is 4.29. The van der Waals surface area contributed by atoms with E-state index < -0.39 is 21.9 Å². The molecule has 1 heterocycles. The number of carbonyl (C=O) groups excluding carboxylic acids is 1. The Kier molecular flexibility index (Phi) is 6.74. The molecule has 1 unspecified atom stereocenters. The van der Waals surface area contributed by atoms with Gasteiger partial charge in [-0.1, -0.05) is 12.5 Å². The molecule has 1 aliphatic rings. The quantitative estimate of drug-likeness (QED) is 0.711. The number of thioether (sulfide) groups is 1. The molecule has 1 fully saturated rings. The summed E-state index contributed by atoms with van der Waals surface area (Å²) in [6.45, 7) is 0.361. The van der Waals surface area contributed by atoms with Crippen molar-refractivity contribution in [2.24, 2.45) is 0 Å². The zero-order chi connectivity index (χ0) is 20.1. The Morgan fingerprint density at radius 3 is 2.68 bits per heavy atom. The van der Waals surface area contributed by atoms with Gasteiger partial charge in [0.05, 0.1) is 4.90 Å². The minimum absolute atomic E-state index is 0.0499. The largest absolute Gasteiger partial charge is 0.326 e. The number of hydrogen-bond donors (Lipinski definition) is 1. The molecule has 0 saturated carbocycles. The van der Waals surface area contributed by atoms with Gasteiger partial charge in [0, 0.05) is 29.6 Å². The summed E-state index contributed by atoms with van der Waals surface area (Å²) in [5.41, 5.74) is 0.695. The second-order valence-corrected chi connectivity index (χ2v) is 9.47. The second-order valence-electron chi connectivity index (χ2n) is 6.70. The van der Waals surface area contributed by atoms with E-state index in [0.29, 0.717) is 18.7 Å². The lowest BCUT2D eigenvalue weighted by Crippen LogP contribution is -2.45. The highest BCUT2D eigenvalue weighted by atomic mass is 32.2. The lowest BCUT2D eigenvalue weighted by molar-refractivity contribution is -0.117. The fourth-order valence-electron chi connectivity index (χ4n) is 3.36. The number of piperidine rings is 1. The third-order valence-corrected chi connectivity index (χ3v) is 7.46. The second kappa shape index (κ2) is 9.07. The van der Waals surface area contributed by atoms with Crippen molar-refractivity contribution in [3.63, 3.8) is 0 Å². The first-order chi connectivity index (χ1) is 13.4. The van der Waals surface area contributed by atoms with Crippen LogP contribution in [0.15, 0.2) is 58.3 Å². The van der Waals surface area contributed by atoms with E-state index in [9.17, 15) is 17.6 Å². The number of benzene rings is 2. The molecular formula is C20H23FN2O3S2. The molecular weight excluding hydrogens is 399 g/mol. The molecule has 8 heteroatoms. The van der Waals surface area contributed by atoms with Gasteiger partial charge in [-0.2, -0.15) is 4.31 Å². The fraction of sp³-hybridized carbons (Fsp3) is 0.350. The van der Waals surface area contributed by atoms with E-state index >= 15 is 0 Å². The van der Waals surface area contributed by atoms with E-state index in [-0.39, 0.29) is 17.2 Å². The van der Waals surface area contributed by atoms with Crippen LogP contribution in [0, 0.1) is 5.82 Å². The highest BCUT2D eigenvalue weighted by Gasteiger charge is 2.34. The van der Waals surface area contributed by atoms with E-state index in [1.165, 1.54) is 16.4 Å². The van der Waals surface area contributed by atoms with Crippen LogP contribution >= 0.6 is 11.8 Å². The molecule has 0 spiro atoms. The molecule has 28 heavy (non-hydrogen) atoms. The van der Waals surface area contributed by atoms with Gasteiger partial charge in [-0.05, 0) is 61.6 Å². The number of hydrogen-bond acceptors (Lipinski definition) is 4. The maximum Gasteiger partial charge on any atom is 0.243 e. The van der Waals surface area contributed by atoms with E-state index in [2.05, 4.69) is 5.32 Å². The van der Waals surface area contributed by atoms with Crippen molar-refractivity contribution in [2.75, 3.05) is 18.1 Å². The Hall–Kier alpha value is -1.90. The van der Waals surface area contributed by atoms with Gasteiger partial charge in [0.15, 0.2) is 0 Å². The number of rotatable bonds is 6. The van der Waals surface area contributed by atoms with Crippen LogP contribution in [0.3, 0.4) is 0 Å². The van der Waals surface area contributed by atoms with Crippen LogP contribution in [-0.2, 0) is 14.8 Å². The highest BCUT2D eigenvalue weighted by Crippen LogP contribution is 2.28. The molecule has 1 aliphatic heterocycles. The number of nitrogens with one attached hydrogen (secondary N) is 1. The average molecular weight is 423 g/mol. The van der Waals surface area contributed by atoms with Gasteiger partial charge < -0.3 is 5.32 Å². The zero-order valence-corrected chi connectivity index (χ0v) is 17.2. The van der Waals surface area contributed by atoms with E-state index in [4.69, 9.17) is 0 Å². The Morgan fingerprint density at radius 2 is 1.96 bits per heavy atom. The topological polar surface area (TPSA) is 66.5 Å². The molecule has 0 aromatic heterocycles. The van der Waals surface area contributed by atoms with Crippen LogP contribution in [0.25, 0.3) is 0 Å². The van der Waals surface area contributed by atoms with Gasteiger partial charge in [0.1, 0.15) is 5.82 Å². The number of halogens is 1. The fourth-order valence-corrected chi connectivity index (χ4v) is 5.52. The molecule has 2 aromatic rings. The van der Waals surface area contributed by atoms with E-state index in [1.807, 2.05) is 30.5 Å². The zero-order valence-electron chi connectivity index (χ0n) is 15.6. The molecule has 1 atom stereocenters. The third-order valence-electron chi connectivity index (χ3n) is 4.77. The molecule has 3 rings (SSSR count). The molecule has 0 bridgehead atoms. The van der Waals surface area contributed by atoms with Gasteiger partial charge in [-0.15, -0.1) is 11.8 Å². The summed E-state index contributed by atoms with van der Waals surface area (Å²) in [7, 11) is -3.77. The van der Waals surface area contributed by atoms with Crippen LogP contribution in [0.4, 0.5) is 10.1 Å². The Labute approximate surface area is 169 Å². The van der Waals surface area contributed by atoms with Crippen LogP contribution in [-0.4, -0.2) is 37.5 Å². The number of sulfonamides is 1. The maximum atomic E-state index is 13.2. The maximum absolute atomic E-state index is 13.2. The van der Waals surface area contributed by atoms with Crippen LogP contribution in [0.2, 0.25) is 0 Å². The van der Waals surface area contributed by atoms with Gasteiger partial charge >= 0.3 is 0 Å². The number of anilines is 1. The monoisotopic (exact) mass is 422 g/mol. The Morgan fingerprint density at radius 1 is 1.21 bits per heavy atom. The first kappa shape index (κ1) is 20.8. The summed E-state index contributed by atoms with van der Waals surface area (Å²) in [5, 5.41) is 2.86. The normalized spacial score (nSPS) is 18.0. The van der Waals surface area contributed by atoms with Crippen molar-refractivity contribution in [1.82, 2.24) is 4.31 Å². The lowest BCUT2D eigenvalue weighted by atomic mass is 10.0. The van der Waals surface area contributed by atoms with Crippen LogP contribution < -0.4 is 5.32 Å². The van der Waals surface area contributed by atoms with Gasteiger partial charge in [0.2, 0.25) is 15.9 Å². The molecule has 1 saturated heterocycles. The third kappa shape index (κ3) is 4.92. The number of amides is 1. The predicted octanol–water partition coefficient (Wildman–Crippen LogP) is 4.12. The lowest BCUT2D eigenvalue weighted by Gasteiger charge is -2.34. The summed E-state index contributed by atoms with van der Waals surface area (Å²) in [4.78, 5) is 13.6. The minimum atomic E-state index is -3.77. The standard InChI is InChI=1S/C20H23FN2O3S2/c1-27-18-7-4-5-16(13-18)22-20(24)14-17-6-2-3-12-23(17)28(25,26)19-10-8-15(21)9-11-19/h4-5,7-11,13,17H,2-3,6,12,14H2,1H3,(H,22,24). The number of nitrogens with zero attached hydrogens (tertiary/aromatic N) is 1. The molecule has 2 aromatic carbocycles. The SMILES string of the molecule is CSc1cccc(NC(=O)CC2CCCCN2S(=O)(=O)c2ccc(F)cc2)c1. The van der Waals surface area contributed by atoms with Crippen molar-refractivity contribution < 1.29 is 17.6 Å². The van der Waals surface area contributed by atoms with Gasteiger partial charge in [-0.3, -0.25) is 4.79 Å². The van der Waals surface area contributed by atoms with Crippen molar-refractivity contribution >= 4 is 33.4 Å². The van der Waals surface area contributed by atoms with Gasteiger partial charge in [0.25, 0.3) is 0 Å². The minimum Gasteiger partial charge on any atom is -0.326 e. The van der Waals surface area contributed by atoms with Gasteiger partial charge in [-0.25, -0.2) is 12.8 Å². The molecule has 1 N–H and O–H groups in total. The predicted molar refractivity (Wildman–Crippen MR) is 109 cm³/mol.